The van der Waals surface area contributed by atoms with Gasteiger partial charge in [0.15, 0.2) is 6.10 Å². The van der Waals surface area contributed by atoms with Crippen LogP contribution in [0, 0.1) is 0 Å². The number of hydrogen-bond donors (Lipinski definition) is 2. The molecule has 0 saturated carbocycles. The van der Waals surface area contributed by atoms with Crippen LogP contribution in [0.15, 0.2) is 30.3 Å². The van der Waals surface area contributed by atoms with Crippen LogP contribution in [0.4, 0.5) is 4.79 Å². The molecule has 1 heterocycles. The first kappa shape index (κ1) is 16.3. The van der Waals surface area contributed by atoms with Gasteiger partial charge in [0.1, 0.15) is 6.61 Å². The standard InChI is InChI=1S/C15H19NO6/c1-21-13(14(18)19)12-7-11(17)8-16(12)15(20)22-9-10-5-3-2-4-6-10/h2-6,11-13,17H,7-9H2,1H3,(H,18,19)/t11-,12+,13?/m1/s1. The van der Waals surface area contributed by atoms with Crippen LogP contribution in [0.5, 0.6) is 0 Å². The number of carboxylic acids is 1. The summed E-state index contributed by atoms with van der Waals surface area (Å²) in [5.41, 5.74) is 0.827. The van der Waals surface area contributed by atoms with Crippen molar-refractivity contribution < 1.29 is 29.3 Å². The number of rotatable bonds is 5. The van der Waals surface area contributed by atoms with Crippen LogP contribution in [-0.4, -0.2) is 59.1 Å². The Hall–Kier alpha value is -2.12. The highest BCUT2D eigenvalue weighted by atomic mass is 16.6. The van der Waals surface area contributed by atoms with E-state index in [1.54, 1.807) is 0 Å². The van der Waals surface area contributed by atoms with E-state index < -0.39 is 30.3 Å². The predicted molar refractivity (Wildman–Crippen MR) is 76.2 cm³/mol. The molecule has 1 aromatic rings. The van der Waals surface area contributed by atoms with E-state index in [1.165, 1.54) is 12.0 Å². The highest BCUT2D eigenvalue weighted by molar-refractivity contribution is 5.76. The molecule has 1 aromatic carbocycles. The molecule has 7 nitrogen and oxygen atoms in total. The molecule has 1 unspecified atom stereocenters. The molecule has 22 heavy (non-hydrogen) atoms. The molecule has 2 rings (SSSR count). The van der Waals surface area contributed by atoms with Gasteiger partial charge >= 0.3 is 12.1 Å². The van der Waals surface area contributed by atoms with Gasteiger partial charge in [-0.15, -0.1) is 0 Å². The van der Waals surface area contributed by atoms with E-state index in [4.69, 9.17) is 14.6 Å². The lowest BCUT2D eigenvalue weighted by Gasteiger charge is -2.27. The topological polar surface area (TPSA) is 96.3 Å². The number of likely N-dealkylation sites (tertiary alicyclic amines) is 1. The number of ether oxygens (including phenoxy) is 2. The van der Waals surface area contributed by atoms with E-state index in [0.29, 0.717) is 0 Å². The summed E-state index contributed by atoms with van der Waals surface area (Å²) in [6.45, 7) is 0.120. The van der Waals surface area contributed by atoms with Gasteiger partial charge in [-0.3, -0.25) is 4.90 Å². The molecule has 0 bridgehead atoms. The largest absolute Gasteiger partial charge is 0.479 e. The third-order valence-electron chi connectivity index (χ3n) is 3.61. The summed E-state index contributed by atoms with van der Waals surface area (Å²) in [4.78, 5) is 24.6. The first-order valence-corrected chi connectivity index (χ1v) is 6.94. The smallest absolute Gasteiger partial charge is 0.410 e. The van der Waals surface area contributed by atoms with Gasteiger partial charge in [-0.05, 0) is 12.0 Å². The third-order valence-corrected chi connectivity index (χ3v) is 3.61. The molecule has 1 aliphatic rings. The first-order chi connectivity index (χ1) is 10.5. The van der Waals surface area contributed by atoms with Gasteiger partial charge in [0.25, 0.3) is 0 Å². The van der Waals surface area contributed by atoms with Gasteiger partial charge in [0, 0.05) is 7.11 Å². The number of aliphatic carboxylic acids is 1. The number of nitrogens with zero attached hydrogens (tertiary/aromatic N) is 1. The molecular formula is C15H19NO6. The van der Waals surface area contributed by atoms with Crippen molar-refractivity contribution in [3.8, 4) is 0 Å². The monoisotopic (exact) mass is 309 g/mol. The zero-order valence-electron chi connectivity index (χ0n) is 12.2. The SMILES string of the molecule is COC(C(=O)O)[C@@H]1C[C@@H](O)CN1C(=O)OCc1ccccc1. The zero-order chi connectivity index (χ0) is 16.1. The van der Waals surface area contributed by atoms with Crippen molar-refractivity contribution in [1.82, 2.24) is 4.90 Å². The van der Waals surface area contributed by atoms with E-state index in [-0.39, 0.29) is 19.6 Å². The molecule has 0 aliphatic carbocycles. The quantitative estimate of drug-likeness (QED) is 0.837. The fourth-order valence-corrected chi connectivity index (χ4v) is 2.56. The Morgan fingerprint density at radius 3 is 2.64 bits per heavy atom. The Labute approximate surface area is 128 Å². The number of β-amino-alcohol motifs (C(OH)–C–C–N with tert-alkyl or cyclic N) is 1. The normalized spacial score (nSPS) is 22.4. The Morgan fingerprint density at radius 1 is 1.36 bits per heavy atom. The summed E-state index contributed by atoms with van der Waals surface area (Å²) in [6, 6.07) is 8.40. The number of hydrogen-bond acceptors (Lipinski definition) is 5. The molecule has 7 heteroatoms. The van der Waals surface area contributed by atoms with Gasteiger partial charge in [-0.25, -0.2) is 9.59 Å². The van der Waals surface area contributed by atoms with Crippen molar-refractivity contribution in [3.63, 3.8) is 0 Å². The number of amides is 1. The van der Waals surface area contributed by atoms with Crippen LogP contribution < -0.4 is 0 Å². The number of benzene rings is 1. The fourth-order valence-electron chi connectivity index (χ4n) is 2.56. The van der Waals surface area contributed by atoms with Crippen LogP contribution >= 0.6 is 0 Å². The van der Waals surface area contributed by atoms with E-state index in [2.05, 4.69) is 0 Å². The summed E-state index contributed by atoms with van der Waals surface area (Å²) in [6.07, 6.45) is -2.49. The van der Waals surface area contributed by atoms with Crippen LogP contribution in [0.25, 0.3) is 0 Å². The molecule has 1 saturated heterocycles. The van der Waals surface area contributed by atoms with Crippen LogP contribution in [0.1, 0.15) is 12.0 Å². The maximum atomic E-state index is 12.2. The molecular weight excluding hydrogens is 290 g/mol. The van der Waals surface area contributed by atoms with Crippen molar-refractivity contribution >= 4 is 12.1 Å². The van der Waals surface area contributed by atoms with E-state index >= 15 is 0 Å². The minimum absolute atomic E-state index is 0.0332. The number of carboxylic acid groups (broad SMARTS) is 1. The molecule has 1 fully saturated rings. The lowest BCUT2D eigenvalue weighted by Crippen LogP contribution is -2.47. The average Bonchev–Trinajstić information content (AvgIpc) is 2.88. The third kappa shape index (κ3) is 3.75. The molecule has 2 N–H and O–H groups in total. The number of aliphatic hydroxyl groups is 1. The Balaban J connectivity index is 2.01. The molecule has 0 radical (unpaired) electrons. The van der Waals surface area contributed by atoms with Crippen LogP contribution in [0.3, 0.4) is 0 Å². The summed E-state index contributed by atoms with van der Waals surface area (Å²) >= 11 is 0. The summed E-state index contributed by atoms with van der Waals surface area (Å²) in [5.74, 6) is -1.18. The second-order valence-electron chi connectivity index (χ2n) is 5.14. The van der Waals surface area contributed by atoms with Gasteiger partial charge in [-0.2, -0.15) is 0 Å². The molecule has 0 aromatic heterocycles. The fraction of sp³-hybridized carbons (Fsp3) is 0.467. The Kier molecular flexibility index (Phi) is 5.35. The average molecular weight is 309 g/mol. The van der Waals surface area contributed by atoms with Crippen LogP contribution in [0.2, 0.25) is 0 Å². The second-order valence-corrected chi connectivity index (χ2v) is 5.14. The summed E-state index contributed by atoms with van der Waals surface area (Å²) < 4.78 is 10.1. The second kappa shape index (κ2) is 7.24. The maximum absolute atomic E-state index is 12.2. The molecule has 0 spiro atoms. The van der Waals surface area contributed by atoms with Crippen LogP contribution in [-0.2, 0) is 20.9 Å². The maximum Gasteiger partial charge on any atom is 0.410 e. The Morgan fingerprint density at radius 2 is 2.05 bits per heavy atom. The first-order valence-electron chi connectivity index (χ1n) is 6.94. The lowest BCUT2D eigenvalue weighted by molar-refractivity contribution is -0.151. The lowest BCUT2D eigenvalue weighted by atomic mass is 10.1. The summed E-state index contributed by atoms with van der Waals surface area (Å²) in [5, 5.41) is 18.9. The molecule has 1 amide bonds. The van der Waals surface area contributed by atoms with Gasteiger partial charge in [-0.1, -0.05) is 30.3 Å². The van der Waals surface area contributed by atoms with Crippen molar-refractivity contribution in [1.29, 1.82) is 0 Å². The number of methoxy groups -OCH3 is 1. The van der Waals surface area contributed by atoms with Crippen molar-refractivity contribution in [2.24, 2.45) is 0 Å². The predicted octanol–water partition coefficient (Wildman–Crippen LogP) is 0.858. The van der Waals surface area contributed by atoms with E-state index in [1.807, 2.05) is 30.3 Å². The van der Waals surface area contributed by atoms with Crippen molar-refractivity contribution in [2.75, 3.05) is 13.7 Å². The minimum atomic E-state index is -1.19. The van der Waals surface area contributed by atoms with Crippen molar-refractivity contribution in [2.45, 2.75) is 31.3 Å². The van der Waals surface area contributed by atoms with Gasteiger partial charge < -0.3 is 19.7 Å². The van der Waals surface area contributed by atoms with E-state index in [0.717, 1.165) is 5.56 Å². The number of carbonyl (C=O) groups excluding carboxylic acids is 1. The van der Waals surface area contributed by atoms with E-state index in [9.17, 15) is 14.7 Å². The Bertz CT molecular complexity index is 520. The molecule has 3 atom stereocenters. The summed E-state index contributed by atoms with van der Waals surface area (Å²) in [7, 11) is 1.26. The molecule has 1 aliphatic heterocycles. The number of aliphatic hydroxyl groups excluding tert-OH is 1. The zero-order valence-corrected chi connectivity index (χ0v) is 12.2. The van der Waals surface area contributed by atoms with Gasteiger partial charge in [0.05, 0.1) is 18.7 Å². The highest BCUT2D eigenvalue weighted by Gasteiger charge is 2.43. The van der Waals surface area contributed by atoms with Gasteiger partial charge in [0.2, 0.25) is 0 Å². The number of carbonyl (C=O) groups is 2. The minimum Gasteiger partial charge on any atom is -0.479 e. The highest BCUT2D eigenvalue weighted by Crippen LogP contribution is 2.23. The van der Waals surface area contributed by atoms with Crippen molar-refractivity contribution in [3.05, 3.63) is 35.9 Å². The molecule has 120 valence electrons.